The second kappa shape index (κ2) is 9.16. The number of aromatic nitrogens is 2. The van der Waals surface area contributed by atoms with Crippen LogP contribution in [0.2, 0.25) is 0 Å². The van der Waals surface area contributed by atoms with Crippen LogP contribution >= 0.6 is 0 Å². The van der Waals surface area contributed by atoms with E-state index in [1.54, 1.807) is 12.1 Å². The highest BCUT2D eigenvalue weighted by Crippen LogP contribution is 2.21. The lowest BCUT2D eigenvalue weighted by molar-refractivity contribution is 0.0601. The van der Waals surface area contributed by atoms with Gasteiger partial charge in [0.1, 0.15) is 5.82 Å². The van der Waals surface area contributed by atoms with E-state index >= 15 is 0 Å². The minimum atomic E-state index is -0.348. The molecule has 6 heteroatoms. The van der Waals surface area contributed by atoms with Crippen LogP contribution in [-0.2, 0) is 4.74 Å². The fourth-order valence-electron chi connectivity index (χ4n) is 3.13. The summed E-state index contributed by atoms with van der Waals surface area (Å²) in [6.07, 6.45) is 8.44. The molecule has 0 fully saturated rings. The average molecular weight is 366 g/mol. The van der Waals surface area contributed by atoms with Gasteiger partial charge in [0.2, 0.25) is 5.95 Å². The maximum absolute atomic E-state index is 11.5. The summed E-state index contributed by atoms with van der Waals surface area (Å²) in [5.74, 6) is 0.992. The van der Waals surface area contributed by atoms with Gasteiger partial charge in [0, 0.05) is 24.0 Å². The van der Waals surface area contributed by atoms with E-state index in [4.69, 9.17) is 4.74 Å². The molecule has 1 aromatic carbocycles. The van der Waals surface area contributed by atoms with Gasteiger partial charge in [-0.25, -0.2) is 9.78 Å². The van der Waals surface area contributed by atoms with Crippen molar-refractivity contribution in [3.05, 3.63) is 53.2 Å². The third kappa shape index (κ3) is 5.54. The molecule has 0 atom stereocenters. The van der Waals surface area contributed by atoms with Crippen LogP contribution in [0.15, 0.2) is 42.0 Å². The maximum atomic E-state index is 11.5. The molecule has 142 valence electrons. The molecule has 0 amide bonds. The predicted molar refractivity (Wildman–Crippen MR) is 107 cm³/mol. The number of esters is 1. The smallest absolute Gasteiger partial charge is 0.337 e. The number of hydrogen-bond acceptors (Lipinski definition) is 6. The first kappa shape index (κ1) is 18.9. The molecule has 2 N–H and O–H groups in total. The molecule has 1 heterocycles. The molecule has 0 aliphatic heterocycles. The number of benzene rings is 1. The number of nitrogens with zero attached hydrogens (tertiary/aromatic N) is 2. The normalized spacial score (nSPS) is 13.6. The van der Waals surface area contributed by atoms with Crippen LogP contribution in [0.25, 0.3) is 0 Å². The van der Waals surface area contributed by atoms with Crippen LogP contribution in [0.5, 0.6) is 0 Å². The highest BCUT2D eigenvalue weighted by atomic mass is 16.5. The summed E-state index contributed by atoms with van der Waals surface area (Å²) in [5, 5.41) is 6.58. The second-order valence-corrected chi connectivity index (χ2v) is 6.70. The van der Waals surface area contributed by atoms with Crippen molar-refractivity contribution in [3.63, 3.8) is 0 Å². The Kier molecular flexibility index (Phi) is 6.41. The van der Waals surface area contributed by atoms with Crippen LogP contribution in [0.4, 0.5) is 17.5 Å². The van der Waals surface area contributed by atoms with Gasteiger partial charge in [-0.1, -0.05) is 11.6 Å². The van der Waals surface area contributed by atoms with Gasteiger partial charge in [0.05, 0.1) is 12.7 Å². The zero-order chi connectivity index (χ0) is 19.1. The van der Waals surface area contributed by atoms with Gasteiger partial charge in [-0.2, -0.15) is 4.98 Å². The molecule has 1 aromatic heterocycles. The van der Waals surface area contributed by atoms with Crippen molar-refractivity contribution in [1.82, 2.24) is 9.97 Å². The monoisotopic (exact) mass is 366 g/mol. The number of carbonyl (C=O) groups is 1. The molecule has 27 heavy (non-hydrogen) atoms. The highest BCUT2D eigenvalue weighted by Gasteiger charge is 2.07. The van der Waals surface area contributed by atoms with Gasteiger partial charge < -0.3 is 15.4 Å². The fourth-order valence-corrected chi connectivity index (χ4v) is 3.13. The van der Waals surface area contributed by atoms with Gasteiger partial charge in [0.15, 0.2) is 0 Å². The zero-order valence-corrected chi connectivity index (χ0v) is 15.9. The number of aryl methyl sites for hydroxylation is 1. The number of ether oxygens (including phenoxy) is 1. The minimum Gasteiger partial charge on any atom is -0.465 e. The zero-order valence-electron chi connectivity index (χ0n) is 15.9. The third-order valence-electron chi connectivity index (χ3n) is 4.55. The van der Waals surface area contributed by atoms with E-state index < -0.39 is 0 Å². The first-order valence-corrected chi connectivity index (χ1v) is 9.37. The number of hydrogen-bond donors (Lipinski definition) is 2. The largest absolute Gasteiger partial charge is 0.465 e. The van der Waals surface area contributed by atoms with E-state index in [1.165, 1.54) is 38.4 Å². The maximum Gasteiger partial charge on any atom is 0.337 e. The van der Waals surface area contributed by atoms with Gasteiger partial charge in [-0.05, 0) is 63.3 Å². The van der Waals surface area contributed by atoms with Crippen LogP contribution < -0.4 is 10.6 Å². The van der Waals surface area contributed by atoms with Gasteiger partial charge in [-0.15, -0.1) is 0 Å². The molecule has 2 aromatic rings. The highest BCUT2D eigenvalue weighted by molar-refractivity contribution is 5.89. The summed E-state index contributed by atoms with van der Waals surface area (Å²) in [6.45, 7) is 2.78. The molecular weight excluding hydrogens is 340 g/mol. The Morgan fingerprint density at radius 2 is 2.00 bits per heavy atom. The molecule has 0 saturated heterocycles. The van der Waals surface area contributed by atoms with Crippen LogP contribution in [0.1, 0.15) is 48.2 Å². The molecule has 0 saturated carbocycles. The lowest BCUT2D eigenvalue weighted by Crippen LogP contribution is -2.09. The Balaban J connectivity index is 1.60. The second-order valence-electron chi connectivity index (χ2n) is 6.70. The van der Waals surface area contributed by atoms with Crippen molar-refractivity contribution in [2.75, 3.05) is 24.3 Å². The van der Waals surface area contributed by atoms with Crippen molar-refractivity contribution in [3.8, 4) is 0 Å². The summed E-state index contributed by atoms with van der Waals surface area (Å²) in [5.41, 5.74) is 3.78. The molecule has 6 nitrogen and oxygen atoms in total. The molecule has 1 aliphatic carbocycles. The van der Waals surface area contributed by atoms with E-state index in [0.717, 1.165) is 24.3 Å². The number of nitrogens with one attached hydrogen (secondary N) is 2. The number of anilines is 3. The molecule has 3 rings (SSSR count). The standard InChI is InChI=1S/C21H26N4O2/c1-15-14-19(24-18-10-8-17(9-11-18)20(26)27-2)25-21(23-15)22-13-12-16-6-4-3-5-7-16/h6,8-11,14H,3-5,7,12-13H2,1-2H3,(H2,22,23,24,25). The molecule has 0 spiro atoms. The van der Waals surface area contributed by atoms with E-state index in [-0.39, 0.29) is 5.97 Å². The SMILES string of the molecule is COC(=O)c1ccc(Nc2cc(C)nc(NCCC3=CCCCC3)n2)cc1. The molecule has 0 unspecified atom stereocenters. The van der Waals surface area contributed by atoms with Crippen molar-refractivity contribution in [1.29, 1.82) is 0 Å². The quantitative estimate of drug-likeness (QED) is 0.550. The van der Waals surface area contributed by atoms with E-state index in [2.05, 4.69) is 26.7 Å². The van der Waals surface area contributed by atoms with Crippen LogP contribution in [0.3, 0.4) is 0 Å². The molecule has 0 radical (unpaired) electrons. The van der Waals surface area contributed by atoms with E-state index in [1.807, 2.05) is 25.1 Å². The van der Waals surface area contributed by atoms with Crippen molar-refractivity contribution >= 4 is 23.4 Å². The number of methoxy groups -OCH3 is 1. The predicted octanol–water partition coefficient (Wildman–Crippen LogP) is 4.62. The van der Waals surface area contributed by atoms with E-state index in [9.17, 15) is 4.79 Å². The molecule has 1 aliphatic rings. The van der Waals surface area contributed by atoms with Gasteiger partial charge in [0.25, 0.3) is 0 Å². The number of carbonyl (C=O) groups excluding carboxylic acids is 1. The number of rotatable bonds is 7. The third-order valence-corrected chi connectivity index (χ3v) is 4.55. The lowest BCUT2D eigenvalue weighted by Gasteiger charge is -2.13. The van der Waals surface area contributed by atoms with Crippen molar-refractivity contribution in [2.45, 2.75) is 39.0 Å². The van der Waals surface area contributed by atoms with Crippen molar-refractivity contribution < 1.29 is 9.53 Å². The minimum absolute atomic E-state index is 0.348. The Morgan fingerprint density at radius 1 is 1.19 bits per heavy atom. The topological polar surface area (TPSA) is 76.1 Å². The fraction of sp³-hybridized carbons (Fsp3) is 0.381. The average Bonchev–Trinajstić information content (AvgIpc) is 2.68. The van der Waals surface area contributed by atoms with Crippen LogP contribution in [-0.4, -0.2) is 29.6 Å². The number of allylic oxidation sites excluding steroid dienone is 1. The summed E-state index contributed by atoms with van der Waals surface area (Å²) >= 11 is 0. The Hall–Kier alpha value is -2.89. The summed E-state index contributed by atoms with van der Waals surface area (Å²) in [4.78, 5) is 20.5. The Bertz CT molecular complexity index is 815. The summed E-state index contributed by atoms with van der Waals surface area (Å²) in [7, 11) is 1.37. The Morgan fingerprint density at radius 3 is 2.70 bits per heavy atom. The molecule has 0 bridgehead atoms. The molecular formula is C21H26N4O2. The lowest BCUT2D eigenvalue weighted by atomic mass is 9.97. The first-order chi connectivity index (χ1) is 13.1. The van der Waals surface area contributed by atoms with E-state index in [0.29, 0.717) is 17.3 Å². The van der Waals surface area contributed by atoms with Crippen LogP contribution in [0, 0.1) is 6.92 Å². The van der Waals surface area contributed by atoms with Gasteiger partial charge in [-0.3, -0.25) is 0 Å². The Labute approximate surface area is 160 Å². The van der Waals surface area contributed by atoms with Crippen molar-refractivity contribution in [2.24, 2.45) is 0 Å². The first-order valence-electron chi connectivity index (χ1n) is 9.37. The summed E-state index contributed by atoms with van der Waals surface area (Å²) in [6, 6.07) is 8.99. The summed E-state index contributed by atoms with van der Waals surface area (Å²) < 4.78 is 4.71. The van der Waals surface area contributed by atoms with Gasteiger partial charge >= 0.3 is 5.97 Å².